The molecule has 0 bridgehead atoms. The van der Waals surface area contributed by atoms with Crippen LogP contribution >= 0.6 is 0 Å². The molecule has 1 aliphatic rings. The van der Waals surface area contributed by atoms with Gasteiger partial charge in [0.25, 0.3) is 0 Å². The minimum absolute atomic E-state index is 0.101. The van der Waals surface area contributed by atoms with Gasteiger partial charge in [-0.1, -0.05) is 19.3 Å². The second-order valence-corrected chi connectivity index (χ2v) is 5.35. The van der Waals surface area contributed by atoms with Crippen molar-refractivity contribution in [3.8, 4) is 0 Å². The zero-order valence-corrected chi connectivity index (χ0v) is 10.9. The van der Waals surface area contributed by atoms with Gasteiger partial charge in [-0.15, -0.1) is 0 Å². The van der Waals surface area contributed by atoms with E-state index in [0.717, 1.165) is 31.6 Å². The van der Waals surface area contributed by atoms with Gasteiger partial charge in [-0.2, -0.15) is 0 Å². The van der Waals surface area contributed by atoms with Crippen molar-refractivity contribution in [2.24, 2.45) is 12.5 Å². The smallest absolute Gasteiger partial charge is 0.303 e. The van der Waals surface area contributed by atoms with Gasteiger partial charge in [-0.3, -0.25) is 4.79 Å². The summed E-state index contributed by atoms with van der Waals surface area (Å²) in [6.07, 6.45) is 9.37. The number of rotatable bonds is 5. The number of anilines is 1. The Kier molecular flexibility index (Phi) is 3.89. The lowest BCUT2D eigenvalue weighted by atomic mass is 9.72. The van der Waals surface area contributed by atoms with Crippen molar-refractivity contribution >= 4 is 11.9 Å². The van der Waals surface area contributed by atoms with Gasteiger partial charge >= 0.3 is 5.97 Å². The average molecular weight is 251 g/mol. The van der Waals surface area contributed by atoms with Gasteiger partial charge in [0.05, 0.1) is 6.42 Å². The van der Waals surface area contributed by atoms with Crippen LogP contribution in [0.5, 0.6) is 0 Å². The molecular formula is C13H21N3O2. The second-order valence-electron chi connectivity index (χ2n) is 5.35. The molecule has 1 saturated carbocycles. The summed E-state index contributed by atoms with van der Waals surface area (Å²) in [4.78, 5) is 15.3. The fraction of sp³-hybridized carbons (Fsp3) is 0.692. The van der Waals surface area contributed by atoms with E-state index in [2.05, 4.69) is 10.3 Å². The van der Waals surface area contributed by atoms with Gasteiger partial charge in [-0.25, -0.2) is 4.98 Å². The van der Waals surface area contributed by atoms with Crippen LogP contribution in [0.1, 0.15) is 38.5 Å². The summed E-state index contributed by atoms with van der Waals surface area (Å²) in [6, 6.07) is 0. The first-order valence-electron chi connectivity index (χ1n) is 6.54. The largest absolute Gasteiger partial charge is 0.481 e. The molecule has 1 aromatic heterocycles. The lowest BCUT2D eigenvalue weighted by Gasteiger charge is -2.36. The fourth-order valence-electron chi connectivity index (χ4n) is 2.84. The third-order valence-electron chi connectivity index (χ3n) is 3.88. The molecule has 1 aliphatic carbocycles. The molecule has 0 aromatic carbocycles. The Morgan fingerprint density at radius 3 is 2.78 bits per heavy atom. The Balaban J connectivity index is 2.01. The number of nitrogens with zero attached hydrogens (tertiary/aromatic N) is 2. The molecule has 1 heterocycles. The van der Waals surface area contributed by atoms with Crippen LogP contribution in [0.15, 0.2) is 12.4 Å². The van der Waals surface area contributed by atoms with Crippen LogP contribution in [0, 0.1) is 5.41 Å². The van der Waals surface area contributed by atoms with Gasteiger partial charge in [0.2, 0.25) is 5.95 Å². The molecule has 100 valence electrons. The summed E-state index contributed by atoms with van der Waals surface area (Å²) >= 11 is 0. The molecule has 2 rings (SSSR count). The van der Waals surface area contributed by atoms with Crippen LogP contribution in [-0.2, 0) is 11.8 Å². The third-order valence-corrected chi connectivity index (χ3v) is 3.88. The fourth-order valence-corrected chi connectivity index (χ4v) is 2.84. The maximum Gasteiger partial charge on any atom is 0.303 e. The summed E-state index contributed by atoms with van der Waals surface area (Å²) in [6.45, 7) is 0.699. The van der Waals surface area contributed by atoms with Gasteiger partial charge in [-0.05, 0) is 18.3 Å². The Hall–Kier alpha value is -1.52. The van der Waals surface area contributed by atoms with Gasteiger partial charge in [0.1, 0.15) is 0 Å². The number of carboxylic acids is 1. The number of hydrogen-bond acceptors (Lipinski definition) is 3. The van der Waals surface area contributed by atoms with E-state index in [4.69, 9.17) is 5.11 Å². The van der Waals surface area contributed by atoms with E-state index in [0.29, 0.717) is 6.54 Å². The van der Waals surface area contributed by atoms with Crippen LogP contribution < -0.4 is 5.32 Å². The number of carboxylic acid groups (broad SMARTS) is 1. The van der Waals surface area contributed by atoms with E-state index in [9.17, 15) is 4.79 Å². The lowest BCUT2D eigenvalue weighted by Crippen LogP contribution is -2.35. The quantitative estimate of drug-likeness (QED) is 0.842. The van der Waals surface area contributed by atoms with E-state index >= 15 is 0 Å². The molecule has 0 spiro atoms. The van der Waals surface area contributed by atoms with Crippen molar-refractivity contribution in [1.82, 2.24) is 9.55 Å². The summed E-state index contributed by atoms with van der Waals surface area (Å²) in [5, 5.41) is 12.4. The van der Waals surface area contributed by atoms with Crippen molar-refractivity contribution < 1.29 is 9.90 Å². The summed E-state index contributed by atoms with van der Waals surface area (Å²) < 4.78 is 1.91. The van der Waals surface area contributed by atoms with Crippen LogP contribution in [0.2, 0.25) is 0 Å². The van der Waals surface area contributed by atoms with Crippen molar-refractivity contribution in [2.45, 2.75) is 38.5 Å². The molecule has 18 heavy (non-hydrogen) atoms. The topological polar surface area (TPSA) is 67.2 Å². The third kappa shape index (κ3) is 3.03. The molecule has 1 fully saturated rings. The van der Waals surface area contributed by atoms with Crippen LogP contribution in [0.25, 0.3) is 0 Å². The Morgan fingerprint density at radius 1 is 1.50 bits per heavy atom. The number of imidazole rings is 1. The molecule has 0 atom stereocenters. The zero-order chi connectivity index (χ0) is 13.0. The Bertz CT molecular complexity index is 408. The molecule has 0 unspecified atom stereocenters. The molecular weight excluding hydrogens is 230 g/mol. The van der Waals surface area contributed by atoms with Gasteiger partial charge < -0.3 is 15.0 Å². The van der Waals surface area contributed by atoms with Crippen molar-refractivity contribution in [3.63, 3.8) is 0 Å². The van der Waals surface area contributed by atoms with E-state index in [1.54, 1.807) is 6.20 Å². The highest BCUT2D eigenvalue weighted by Gasteiger charge is 2.34. The predicted octanol–water partition coefficient (Wildman–Crippen LogP) is 2.26. The summed E-state index contributed by atoms with van der Waals surface area (Å²) in [7, 11) is 1.93. The number of aryl methyl sites for hydroxylation is 1. The molecule has 0 radical (unpaired) electrons. The highest BCUT2D eigenvalue weighted by molar-refractivity contribution is 5.67. The molecule has 1 aromatic rings. The van der Waals surface area contributed by atoms with Crippen LogP contribution in [0.4, 0.5) is 5.95 Å². The molecule has 5 heteroatoms. The average Bonchev–Trinajstić information content (AvgIpc) is 2.73. The van der Waals surface area contributed by atoms with E-state index < -0.39 is 5.97 Å². The highest BCUT2D eigenvalue weighted by atomic mass is 16.4. The molecule has 2 N–H and O–H groups in total. The number of aromatic nitrogens is 2. The number of nitrogens with one attached hydrogen (secondary N) is 1. The Labute approximate surface area is 107 Å². The minimum atomic E-state index is -0.696. The van der Waals surface area contributed by atoms with E-state index in [-0.39, 0.29) is 11.8 Å². The van der Waals surface area contributed by atoms with Crippen molar-refractivity contribution in [3.05, 3.63) is 12.4 Å². The first kappa shape index (κ1) is 12.9. The maximum absolute atomic E-state index is 11.1. The predicted molar refractivity (Wildman–Crippen MR) is 69.5 cm³/mol. The van der Waals surface area contributed by atoms with E-state index in [1.807, 2.05) is 17.8 Å². The maximum atomic E-state index is 11.1. The molecule has 0 saturated heterocycles. The van der Waals surface area contributed by atoms with E-state index in [1.165, 1.54) is 6.42 Å². The lowest BCUT2D eigenvalue weighted by molar-refractivity contribution is -0.140. The Morgan fingerprint density at radius 2 is 2.22 bits per heavy atom. The minimum Gasteiger partial charge on any atom is -0.481 e. The summed E-state index contributed by atoms with van der Waals surface area (Å²) in [5.41, 5.74) is -0.101. The normalized spacial score (nSPS) is 18.5. The highest BCUT2D eigenvalue weighted by Crippen LogP contribution is 2.39. The molecule has 0 amide bonds. The van der Waals surface area contributed by atoms with Crippen LogP contribution in [0.3, 0.4) is 0 Å². The molecule has 5 nitrogen and oxygen atoms in total. The van der Waals surface area contributed by atoms with Crippen LogP contribution in [-0.4, -0.2) is 27.2 Å². The van der Waals surface area contributed by atoms with Gasteiger partial charge in [0, 0.05) is 26.0 Å². The summed E-state index contributed by atoms with van der Waals surface area (Å²) in [5.74, 6) is 0.115. The first-order valence-corrected chi connectivity index (χ1v) is 6.54. The number of carbonyl (C=O) groups is 1. The first-order chi connectivity index (χ1) is 8.61. The SMILES string of the molecule is Cn1ccnc1NCC1(CC(=O)O)CCCCC1. The zero-order valence-electron chi connectivity index (χ0n) is 10.9. The second kappa shape index (κ2) is 5.42. The number of aliphatic carboxylic acids is 1. The number of hydrogen-bond donors (Lipinski definition) is 2. The monoisotopic (exact) mass is 251 g/mol. The van der Waals surface area contributed by atoms with Crippen molar-refractivity contribution in [1.29, 1.82) is 0 Å². The van der Waals surface area contributed by atoms with Crippen molar-refractivity contribution in [2.75, 3.05) is 11.9 Å². The van der Waals surface area contributed by atoms with Gasteiger partial charge in [0.15, 0.2) is 0 Å². The molecule has 0 aliphatic heterocycles. The standard InChI is InChI=1S/C13H21N3O2/c1-16-8-7-14-12(16)15-10-13(9-11(17)18)5-3-2-4-6-13/h7-8H,2-6,9-10H2,1H3,(H,14,15)(H,17,18).